The molecule has 238 valence electrons. The van der Waals surface area contributed by atoms with Crippen molar-refractivity contribution in [2.75, 3.05) is 45.2 Å². The quantitative estimate of drug-likeness (QED) is 0.236. The molecule has 4 aliphatic rings. The summed E-state index contributed by atoms with van der Waals surface area (Å²) in [7, 11) is 4.28. The van der Waals surface area contributed by atoms with Gasteiger partial charge in [0.1, 0.15) is 17.2 Å². The van der Waals surface area contributed by atoms with Crippen molar-refractivity contribution in [3.63, 3.8) is 0 Å². The molecule has 2 aromatic heterocycles. The smallest absolute Gasteiger partial charge is 0.157 e. The molecule has 4 aromatic rings. The molecule has 9 heteroatoms. The van der Waals surface area contributed by atoms with Crippen molar-refractivity contribution in [3.05, 3.63) is 58.9 Å². The third-order valence-electron chi connectivity index (χ3n) is 10.3. The Morgan fingerprint density at radius 3 is 2.78 bits per heavy atom. The summed E-state index contributed by atoms with van der Waals surface area (Å²) in [4.78, 5) is 14.9. The van der Waals surface area contributed by atoms with Crippen molar-refractivity contribution in [1.29, 1.82) is 0 Å². The van der Waals surface area contributed by atoms with E-state index in [4.69, 9.17) is 21.6 Å². The highest BCUT2D eigenvalue weighted by atomic mass is 35.5. The minimum Gasteiger partial charge on any atom is -0.389 e. The predicted molar refractivity (Wildman–Crippen MR) is 182 cm³/mol. The zero-order valence-electron chi connectivity index (χ0n) is 26.7. The fraction of sp³-hybridized carbons (Fsp3) is 0.528. The van der Waals surface area contributed by atoms with Crippen LogP contribution in [0.1, 0.15) is 69.2 Å². The van der Waals surface area contributed by atoms with Crippen molar-refractivity contribution in [2.24, 2.45) is 11.3 Å². The number of benzene rings is 2. The van der Waals surface area contributed by atoms with Crippen molar-refractivity contribution in [1.82, 2.24) is 30.4 Å². The normalized spacial score (nSPS) is 20.4. The molecule has 1 saturated carbocycles. The van der Waals surface area contributed by atoms with Crippen LogP contribution in [-0.4, -0.2) is 65.3 Å². The van der Waals surface area contributed by atoms with Gasteiger partial charge in [-0.15, -0.1) is 0 Å². The van der Waals surface area contributed by atoms with Gasteiger partial charge >= 0.3 is 0 Å². The molecular weight excluding hydrogens is 585 g/mol. The number of hydrogen-bond donors (Lipinski definition) is 2. The molecule has 6 bridgehead atoms. The highest BCUT2D eigenvalue weighted by Gasteiger charge is 2.42. The summed E-state index contributed by atoms with van der Waals surface area (Å²) in [6.07, 6.45) is 13.0. The van der Waals surface area contributed by atoms with Crippen LogP contribution >= 0.6 is 11.6 Å². The van der Waals surface area contributed by atoms with E-state index in [0.717, 1.165) is 122 Å². The lowest BCUT2D eigenvalue weighted by Gasteiger charge is -2.34. The number of fused-ring (bicyclic) bond motifs is 9. The topological polar surface area (TPSA) is 73.0 Å². The van der Waals surface area contributed by atoms with E-state index >= 15 is 4.39 Å². The molecule has 8 rings (SSSR count). The van der Waals surface area contributed by atoms with E-state index in [1.807, 2.05) is 18.2 Å². The van der Waals surface area contributed by atoms with Gasteiger partial charge in [-0.2, -0.15) is 5.10 Å². The second-order valence-electron chi connectivity index (χ2n) is 14.0. The third kappa shape index (κ3) is 6.28. The molecule has 1 atom stereocenters. The number of halogens is 2. The monoisotopic (exact) mass is 629 g/mol. The summed E-state index contributed by atoms with van der Waals surface area (Å²) >= 11 is 6.92. The standard InChI is InChI=1S/C36H45ClFN7/c1-23-7-4-5-9-25-29(37)19-30-28(20-40-43-30)32(25)26-10-11-27-34(33(26)38)41-31(12-14-36(15-16-36)22-44(2)3)42-35(27)45-18-6-8-24(21-45)13-17-39-23/h10-11,19-20,24,39H,1,4-9,12-18,21-22H2,2-3H3,(H,40,43). The van der Waals surface area contributed by atoms with Gasteiger partial charge in [0, 0.05) is 65.2 Å². The van der Waals surface area contributed by atoms with Gasteiger partial charge < -0.3 is 15.1 Å². The minimum absolute atomic E-state index is 0.301. The maximum Gasteiger partial charge on any atom is 0.157 e. The second-order valence-corrected chi connectivity index (χ2v) is 14.5. The molecule has 1 unspecified atom stereocenters. The largest absolute Gasteiger partial charge is 0.389 e. The SMILES string of the molecule is C=C1CCCCc2c(Cl)cc3[nH]ncc3c2-c2ccc3c(nc(CCC4(CN(C)C)CC4)nc3c2F)N2CCCC(CCN1)C2. The van der Waals surface area contributed by atoms with Crippen molar-refractivity contribution < 1.29 is 4.39 Å². The first kappa shape index (κ1) is 30.4. The molecule has 45 heavy (non-hydrogen) atoms. The van der Waals surface area contributed by atoms with Gasteiger partial charge in [-0.3, -0.25) is 5.10 Å². The van der Waals surface area contributed by atoms with Crippen LogP contribution in [0.3, 0.4) is 0 Å². The fourth-order valence-corrected chi connectivity index (χ4v) is 8.07. The molecule has 2 fully saturated rings. The number of anilines is 1. The fourth-order valence-electron chi connectivity index (χ4n) is 7.78. The van der Waals surface area contributed by atoms with Crippen LogP contribution < -0.4 is 10.2 Å². The van der Waals surface area contributed by atoms with E-state index in [2.05, 4.69) is 46.0 Å². The molecule has 7 nitrogen and oxygen atoms in total. The lowest BCUT2D eigenvalue weighted by atomic mass is 9.91. The molecule has 5 heterocycles. The highest BCUT2D eigenvalue weighted by molar-refractivity contribution is 6.33. The number of nitrogens with zero attached hydrogens (tertiary/aromatic N) is 5. The first-order valence-corrected chi connectivity index (χ1v) is 17.1. The third-order valence-corrected chi connectivity index (χ3v) is 10.6. The summed E-state index contributed by atoms with van der Waals surface area (Å²) in [6, 6.07) is 5.87. The van der Waals surface area contributed by atoms with Crippen LogP contribution in [0.25, 0.3) is 32.9 Å². The maximum absolute atomic E-state index is 17.1. The van der Waals surface area contributed by atoms with Crippen LogP contribution in [0.2, 0.25) is 5.02 Å². The maximum atomic E-state index is 17.1. The predicted octanol–water partition coefficient (Wildman–Crippen LogP) is 7.68. The van der Waals surface area contributed by atoms with Crippen LogP contribution in [0.15, 0.2) is 36.7 Å². The number of piperidine rings is 1. The van der Waals surface area contributed by atoms with Gasteiger partial charge in [-0.25, -0.2) is 14.4 Å². The van der Waals surface area contributed by atoms with Crippen molar-refractivity contribution in [3.8, 4) is 11.1 Å². The Kier molecular flexibility index (Phi) is 8.46. The molecule has 0 radical (unpaired) electrons. The van der Waals surface area contributed by atoms with Gasteiger partial charge in [-0.05, 0) is 107 Å². The molecule has 0 amide bonds. The Morgan fingerprint density at radius 1 is 1.11 bits per heavy atom. The number of aromatic nitrogens is 4. The Balaban J connectivity index is 1.37. The zero-order chi connectivity index (χ0) is 31.1. The number of aromatic amines is 1. The Labute approximate surface area is 270 Å². The van der Waals surface area contributed by atoms with Crippen LogP contribution in [-0.2, 0) is 12.8 Å². The summed E-state index contributed by atoms with van der Waals surface area (Å²) in [5, 5.41) is 13.2. The van der Waals surface area contributed by atoms with E-state index in [1.54, 1.807) is 6.20 Å². The van der Waals surface area contributed by atoms with Crippen molar-refractivity contribution in [2.45, 2.75) is 70.6 Å². The van der Waals surface area contributed by atoms with Gasteiger partial charge in [0.25, 0.3) is 0 Å². The molecule has 3 aliphatic heterocycles. The number of hydrogen-bond acceptors (Lipinski definition) is 6. The summed E-state index contributed by atoms with van der Waals surface area (Å²) < 4.78 is 17.1. The van der Waals surface area contributed by atoms with Crippen LogP contribution in [0.5, 0.6) is 0 Å². The summed E-state index contributed by atoms with van der Waals surface area (Å²) in [6.45, 7) is 8.13. The molecular formula is C36H45ClFN7. The number of nitrogens with one attached hydrogen (secondary N) is 2. The molecule has 0 spiro atoms. The van der Waals surface area contributed by atoms with Crippen molar-refractivity contribution >= 4 is 39.2 Å². The zero-order valence-corrected chi connectivity index (χ0v) is 27.4. The first-order chi connectivity index (χ1) is 21.8. The van der Waals surface area contributed by atoms with E-state index in [1.165, 1.54) is 19.3 Å². The molecule has 1 saturated heterocycles. The average Bonchev–Trinajstić information content (AvgIpc) is 3.62. The minimum atomic E-state index is -0.301. The Morgan fingerprint density at radius 2 is 1.96 bits per heavy atom. The number of H-pyrrole nitrogens is 1. The van der Waals surface area contributed by atoms with E-state index < -0.39 is 0 Å². The Bertz CT molecular complexity index is 1730. The summed E-state index contributed by atoms with van der Waals surface area (Å²) in [5.74, 6) is 1.87. The first-order valence-electron chi connectivity index (χ1n) is 16.8. The molecule has 1 aliphatic carbocycles. The number of allylic oxidation sites excluding steroid dienone is 1. The van der Waals surface area contributed by atoms with Crippen LogP contribution in [0, 0.1) is 17.2 Å². The summed E-state index contributed by atoms with van der Waals surface area (Å²) in [5.41, 5.74) is 4.92. The van der Waals surface area contributed by atoms with E-state index in [0.29, 0.717) is 27.4 Å². The second kappa shape index (κ2) is 12.5. The lowest BCUT2D eigenvalue weighted by molar-refractivity contribution is 0.294. The molecule has 2 aromatic carbocycles. The van der Waals surface area contributed by atoms with Gasteiger partial charge in [0.15, 0.2) is 5.82 Å². The van der Waals surface area contributed by atoms with E-state index in [9.17, 15) is 0 Å². The highest BCUT2D eigenvalue weighted by Crippen LogP contribution is 2.50. The van der Waals surface area contributed by atoms with Gasteiger partial charge in [0.05, 0.1) is 11.7 Å². The Hall–Kier alpha value is -3.23. The lowest BCUT2D eigenvalue weighted by Crippen LogP contribution is -2.37. The van der Waals surface area contributed by atoms with Crippen LogP contribution in [0.4, 0.5) is 10.2 Å². The average molecular weight is 630 g/mol. The molecule has 2 N–H and O–H groups in total. The number of rotatable bonds is 5. The number of aryl methyl sites for hydroxylation is 1. The van der Waals surface area contributed by atoms with E-state index in [-0.39, 0.29) is 5.82 Å². The van der Waals surface area contributed by atoms with Gasteiger partial charge in [-0.1, -0.05) is 24.2 Å². The van der Waals surface area contributed by atoms with Gasteiger partial charge in [0.2, 0.25) is 0 Å².